The first-order chi connectivity index (χ1) is 8.10. The molecule has 94 valence electrons. The molecule has 3 heteroatoms. The van der Waals surface area contributed by atoms with Crippen LogP contribution < -0.4 is 11.1 Å². The van der Waals surface area contributed by atoms with Gasteiger partial charge in [0.2, 0.25) is 0 Å². The Morgan fingerprint density at radius 2 is 2.12 bits per heavy atom. The minimum atomic E-state index is -0.0184. The van der Waals surface area contributed by atoms with Gasteiger partial charge < -0.3 is 11.1 Å². The third-order valence-electron chi connectivity index (χ3n) is 3.09. The van der Waals surface area contributed by atoms with Crippen molar-refractivity contribution in [2.45, 2.75) is 46.1 Å². The Hall–Kier alpha value is -1.51. The van der Waals surface area contributed by atoms with Crippen LogP contribution in [0.25, 0.3) is 0 Å². The molecule has 1 amide bonds. The van der Waals surface area contributed by atoms with Gasteiger partial charge in [0.25, 0.3) is 5.91 Å². The summed E-state index contributed by atoms with van der Waals surface area (Å²) in [7, 11) is 0. The number of carbonyl (C=O) groups excluding carboxylic acids is 1. The van der Waals surface area contributed by atoms with E-state index in [1.54, 1.807) is 0 Å². The minimum Gasteiger partial charge on any atom is -0.398 e. The normalized spacial score (nSPS) is 12.2. The van der Waals surface area contributed by atoms with E-state index in [-0.39, 0.29) is 11.9 Å². The van der Waals surface area contributed by atoms with Gasteiger partial charge in [0.1, 0.15) is 0 Å². The smallest absolute Gasteiger partial charge is 0.251 e. The number of carbonyl (C=O) groups is 1. The molecule has 3 nitrogen and oxygen atoms in total. The second kappa shape index (κ2) is 6.28. The Labute approximate surface area is 103 Å². The topological polar surface area (TPSA) is 55.1 Å². The highest BCUT2D eigenvalue weighted by Crippen LogP contribution is 2.15. The molecule has 1 atom stereocenters. The molecule has 0 aliphatic rings. The third-order valence-corrected chi connectivity index (χ3v) is 3.09. The van der Waals surface area contributed by atoms with Crippen LogP contribution in [0.4, 0.5) is 5.69 Å². The second-order valence-electron chi connectivity index (χ2n) is 4.39. The first kappa shape index (κ1) is 13.6. The van der Waals surface area contributed by atoms with Crippen molar-refractivity contribution >= 4 is 11.6 Å². The van der Waals surface area contributed by atoms with Gasteiger partial charge in [0.15, 0.2) is 0 Å². The molecule has 0 saturated carbocycles. The average Bonchev–Trinajstić information content (AvgIpc) is 2.31. The average molecular weight is 234 g/mol. The van der Waals surface area contributed by atoms with Crippen LogP contribution in [0, 0.1) is 6.92 Å². The van der Waals surface area contributed by atoms with Crippen molar-refractivity contribution < 1.29 is 4.79 Å². The van der Waals surface area contributed by atoms with E-state index in [4.69, 9.17) is 5.73 Å². The van der Waals surface area contributed by atoms with Gasteiger partial charge >= 0.3 is 0 Å². The Balaban J connectivity index is 2.79. The highest BCUT2D eigenvalue weighted by Gasteiger charge is 2.14. The summed E-state index contributed by atoms with van der Waals surface area (Å²) in [6.45, 7) is 6.10. The third kappa shape index (κ3) is 3.48. The number of nitrogens with two attached hydrogens (primary N) is 1. The van der Waals surface area contributed by atoms with Crippen LogP contribution in [0.3, 0.4) is 0 Å². The van der Waals surface area contributed by atoms with E-state index >= 15 is 0 Å². The number of hydrogen-bond donors (Lipinski definition) is 2. The van der Waals surface area contributed by atoms with E-state index in [9.17, 15) is 4.79 Å². The van der Waals surface area contributed by atoms with E-state index in [0.29, 0.717) is 11.3 Å². The Bertz CT molecular complexity index is 388. The predicted octanol–water partition coefficient (Wildman–Crippen LogP) is 2.89. The van der Waals surface area contributed by atoms with Crippen LogP contribution in [0.5, 0.6) is 0 Å². The molecule has 0 aliphatic heterocycles. The summed E-state index contributed by atoms with van der Waals surface area (Å²) in [5.74, 6) is -0.0184. The lowest BCUT2D eigenvalue weighted by molar-refractivity contribution is 0.0933. The number of amides is 1. The Morgan fingerprint density at radius 1 is 1.41 bits per heavy atom. The first-order valence-corrected chi connectivity index (χ1v) is 6.26. The molecular formula is C14H22N2O. The van der Waals surface area contributed by atoms with Crippen LogP contribution >= 0.6 is 0 Å². The highest BCUT2D eigenvalue weighted by atomic mass is 16.1. The molecule has 0 spiro atoms. The van der Waals surface area contributed by atoms with Gasteiger partial charge in [-0.2, -0.15) is 0 Å². The molecule has 0 heterocycles. The molecular weight excluding hydrogens is 212 g/mol. The Morgan fingerprint density at radius 3 is 2.71 bits per heavy atom. The fourth-order valence-corrected chi connectivity index (χ4v) is 1.89. The van der Waals surface area contributed by atoms with E-state index < -0.39 is 0 Å². The van der Waals surface area contributed by atoms with Crippen LogP contribution in [-0.4, -0.2) is 11.9 Å². The SMILES string of the molecule is CCCC(CC)NC(=O)c1cccc(N)c1C. The van der Waals surface area contributed by atoms with E-state index in [0.717, 1.165) is 24.8 Å². The zero-order valence-corrected chi connectivity index (χ0v) is 10.9. The molecule has 1 aromatic rings. The molecule has 1 unspecified atom stereocenters. The second-order valence-corrected chi connectivity index (χ2v) is 4.39. The van der Waals surface area contributed by atoms with Crippen LogP contribution in [0.15, 0.2) is 18.2 Å². The lowest BCUT2D eigenvalue weighted by Gasteiger charge is -2.17. The summed E-state index contributed by atoms with van der Waals surface area (Å²) in [4.78, 5) is 12.1. The van der Waals surface area contributed by atoms with Crippen LogP contribution in [-0.2, 0) is 0 Å². The summed E-state index contributed by atoms with van der Waals surface area (Å²) >= 11 is 0. The summed E-state index contributed by atoms with van der Waals surface area (Å²) in [6, 6.07) is 5.71. The fraction of sp³-hybridized carbons (Fsp3) is 0.500. The molecule has 0 aliphatic carbocycles. The van der Waals surface area contributed by atoms with Gasteiger partial charge in [-0.25, -0.2) is 0 Å². The molecule has 0 saturated heterocycles. The maximum absolute atomic E-state index is 12.1. The molecule has 0 fully saturated rings. The van der Waals surface area contributed by atoms with Crippen molar-refractivity contribution in [3.8, 4) is 0 Å². The monoisotopic (exact) mass is 234 g/mol. The van der Waals surface area contributed by atoms with Crippen molar-refractivity contribution in [1.82, 2.24) is 5.32 Å². The zero-order chi connectivity index (χ0) is 12.8. The summed E-state index contributed by atoms with van der Waals surface area (Å²) < 4.78 is 0. The first-order valence-electron chi connectivity index (χ1n) is 6.26. The van der Waals surface area contributed by atoms with Crippen molar-refractivity contribution in [2.75, 3.05) is 5.73 Å². The van der Waals surface area contributed by atoms with Crippen LogP contribution in [0.1, 0.15) is 49.0 Å². The number of anilines is 1. The fourth-order valence-electron chi connectivity index (χ4n) is 1.89. The number of hydrogen-bond acceptors (Lipinski definition) is 2. The largest absolute Gasteiger partial charge is 0.398 e. The Kier molecular flexibility index (Phi) is 5.01. The minimum absolute atomic E-state index is 0.0184. The van der Waals surface area contributed by atoms with E-state index in [2.05, 4.69) is 19.2 Å². The van der Waals surface area contributed by atoms with Gasteiger partial charge in [-0.15, -0.1) is 0 Å². The standard InChI is InChI=1S/C14H22N2O/c1-4-7-11(5-2)16-14(17)12-8-6-9-13(15)10(12)3/h6,8-9,11H,4-5,7,15H2,1-3H3,(H,16,17). The number of nitrogens with one attached hydrogen (secondary N) is 1. The number of rotatable bonds is 5. The maximum atomic E-state index is 12.1. The van der Waals surface area contributed by atoms with Crippen molar-refractivity contribution in [1.29, 1.82) is 0 Å². The summed E-state index contributed by atoms with van der Waals surface area (Å²) in [6.07, 6.45) is 3.05. The predicted molar refractivity (Wildman–Crippen MR) is 72.0 cm³/mol. The highest BCUT2D eigenvalue weighted by molar-refractivity contribution is 5.97. The van der Waals surface area contributed by atoms with E-state index in [1.165, 1.54) is 0 Å². The summed E-state index contributed by atoms with van der Waals surface area (Å²) in [5.41, 5.74) is 8.01. The molecule has 17 heavy (non-hydrogen) atoms. The van der Waals surface area contributed by atoms with Gasteiger partial charge in [-0.1, -0.05) is 26.3 Å². The molecule has 0 radical (unpaired) electrons. The summed E-state index contributed by atoms with van der Waals surface area (Å²) in [5, 5.41) is 3.06. The molecule has 1 rings (SSSR count). The lowest BCUT2D eigenvalue weighted by atomic mass is 10.0. The lowest BCUT2D eigenvalue weighted by Crippen LogP contribution is -2.34. The zero-order valence-electron chi connectivity index (χ0n) is 10.9. The number of nitrogen functional groups attached to an aromatic ring is 1. The van der Waals surface area contributed by atoms with Crippen molar-refractivity contribution in [3.63, 3.8) is 0 Å². The maximum Gasteiger partial charge on any atom is 0.251 e. The van der Waals surface area contributed by atoms with Gasteiger partial charge in [0.05, 0.1) is 0 Å². The molecule has 0 bridgehead atoms. The van der Waals surface area contributed by atoms with Gasteiger partial charge in [-0.05, 0) is 37.5 Å². The molecule has 1 aromatic carbocycles. The quantitative estimate of drug-likeness (QED) is 0.770. The molecule has 3 N–H and O–H groups in total. The molecule has 0 aromatic heterocycles. The van der Waals surface area contributed by atoms with Crippen molar-refractivity contribution in [2.24, 2.45) is 0 Å². The number of benzene rings is 1. The van der Waals surface area contributed by atoms with Crippen LogP contribution in [0.2, 0.25) is 0 Å². The van der Waals surface area contributed by atoms with Gasteiger partial charge in [0, 0.05) is 17.3 Å². The van der Waals surface area contributed by atoms with E-state index in [1.807, 2.05) is 25.1 Å². The van der Waals surface area contributed by atoms with Crippen molar-refractivity contribution in [3.05, 3.63) is 29.3 Å². The van der Waals surface area contributed by atoms with Gasteiger partial charge in [-0.3, -0.25) is 4.79 Å².